The predicted octanol–water partition coefficient (Wildman–Crippen LogP) is 0.399. The van der Waals surface area contributed by atoms with Crippen LogP contribution in [0.3, 0.4) is 0 Å². The molecule has 1 rings (SSSR count). The first kappa shape index (κ1) is 19.9. The van der Waals surface area contributed by atoms with Gasteiger partial charge in [0.25, 0.3) is 0 Å². The highest BCUT2D eigenvalue weighted by atomic mass is 16.7. The maximum atomic E-state index is 11.9. The molecule has 0 spiro atoms. The molecule has 0 bridgehead atoms. The van der Waals surface area contributed by atoms with Crippen molar-refractivity contribution < 1.29 is 28.9 Å². The van der Waals surface area contributed by atoms with Gasteiger partial charge in [0.15, 0.2) is 5.79 Å². The van der Waals surface area contributed by atoms with Gasteiger partial charge in [0.05, 0.1) is 6.61 Å². The standard InChI is InChI=1S/C16H24N2O6/c1-16(22-2,23-3)13(10-19)18-14(20)9-17-15(21)24-11-12-7-5-4-6-8-12/h4-8,13,19H,9-11H2,1-3H3,(H,17,21)(H,18,20)/t13-/m1/s1. The van der Waals surface area contributed by atoms with Crippen LogP contribution in [-0.2, 0) is 25.6 Å². The molecule has 1 aromatic carbocycles. The van der Waals surface area contributed by atoms with Crippen molar-refractivity contribution >= 4 is 12.0 Å². The molecule has 3 N–H and O–H groups in total. The molecule has 0 unspecified atom stereocenters. The van der Waals surface area contributed by atoms with Crippen molar-refractivity contribution in [1.29, 1.82) is 0 Å². The number of hydrogen-bond donors (Lipinski definition) is 3. The van der Waals surface area contributed by atoms with E-state index >= 15 is 0 Å². The average molecular weight is 340 g/mol. The van der Waals surface area contributed by atoms with Gasteiger partial charge in [-0.15, -0.1) is 0 Å². The zero-order valence-corrected chi connectivity index (χ0v) is 14.1. The highest BCUT2D eigenvalue weighted by Gasteiger charge is 2.35. The van der Waals surface area contributed by atoms with E-state index in [0.29, 0.717) is 0 Å². The van der Waals surface area contributed by atoms with E-state index in [9.17, 15) is 14.7 Å². The second-order valence-electron chi connectivity index (χ2n) is 5.14. The van der Waals surface area contributed by atoms with E-state index in [0.717, 1.165) is 5.56 Å². The summed E-state index contributed by atoms with van der Waals surface area (Å²) in [7, 11) is 2.80. The molecular formula is C16H24N2O6. The lowest BCUT2D eigenvalue weighted by Crippen LogP contribution is -2.56. The number of nitrogens with one attached hydrogen (secondary N) is 2. The predicted molar refractivity (Wildman–Crippen MR) is 86.1 cm³/mol. The molecular weight excluding hydrogens is 316 g/mol. The summed E-state index contributed by atoms with van der Waals surface area (Å²) in [4.78, 5) is 23.4. The number of methoxy groups -OCH3 is 2. The van der Waals surface area contributed by atoms with E-state index in [4.69, 9.17) is 14.2 Å². The molecule has 0 fully saturated rings. The second-order valence-corrected chi connectivity index (χ2v) is 5.14. The Morgan fingerprint density at radius 3 is 2.38 bits per heavy atom. The molecule has 0 aliphatic rings. The van der Waals surface area contributed by atoms with Gasteiger partial charge in [0.2, 0.25) is 5.91 Å². The Balaban J connectivity index is 2.38. The van der Waals surface area contributed by atoms with Gasteiger partial charge in [-0.1, -0.05) is 30.3 Å². The number of ether oxygens (including phenoxy) is 3. The third-order valence-electron chi connectivity index (χ3n) is 3.57. The number of aliphatic hydroxyl groups excluding tert-OH is 1. The molecule has 0 saturated carbocycles. The first-order valence-corrected chi connectivity index (χ1v) is 7.40. The molecule has 0 aliphatic heterocycles. The molecule has 1 atom stereocenters. The summed E-state index contributed by atoms with van der Waals surface area (Å²) in [5.74, 6) is -1.69. The molecule has 2 amide bonds. The van der Waals surface area contributed by atoms with Gasteiger partial charge in [-0.2, -0.15) is 0 Å². The molecule has 24 heavy (non-hydrogen) atoms. The van der Waals surface area contributed by atoms with Crippen molar-refractivity contribution in [3.8, 4) is 0 Å². The highest BCUT2D eigenvalue weighted by Crippen LogP contribution is 2.15. The fourth-order valence-corrected chi connectivity index (χ4v) is 1.88. The van der Waals surface area contributed by atoms with Crippen LogP contribution in [0.25, 0.3) is 0 Å². The second kappa shape index (κ2) is 9.86. The largest absolute Gasteiger partial charge is 0.445 e. The number of aliphatic hydroxyl groups is 1. The maximum Gasteiger partial charge on any atom is 0.407 e. The summed E-state index contributed by atoms with van der Waals surface area (Å²) in [5, 5.41) is 14.2. The topological polar surface area (TPSA) is 106 Å². The van der Waals surface area contributed by atoms with E-state index in [2.05, 4.69) is 10.6 Å². The summed E-state index contributed by atoms with van der Waals surface area (Å²) in [6.45, 7) is 1.00. The minimum Gasteiger partial charge on any atom is -0.445 e. The first-order valence-electron chi connectivity index (χ1n) is 7.40. The molecule has 0 saturated heterocycles. The van der Waals surface area contributed by atoms with Crippen molar-refractivity contribution in [2.24, 2.45) is 0 Å². The van der Waals surface area contributed by atoms with E-state index in [1.807, 2.05) is 30.3 Å². The summed E-state index contributed by atoms with van der Waals surface area (Å²) in [6, 6.07) is 8.38. The lowest BCUT2D eigenvalue weighted by Gasteiger charge is -2.34. The van der Waals surface area contributed by atoms with Gasteiger partial charge >= 0.3 is 6.09 Å². The number of alkyl carbamates (subject to hydrolysis) is 1. The van der Waals surface area contributed by atoms with Crippen LogP contribution in [0.15, 0.2) is 30.3 Å². The van der Waals surface area contributed by atoms with Crippen LogP contribution >= 0.6 is 0 Å². The van der Waals surface area contributed by atoms with Crippen LogP contribution in [0, 0.1) is 0 Å². The molecule has 0 aliphatic carbocycles. The Hall–Kier alpha value is -2.16. The van der Waals surface area contributed by atoms with E-state index in [1.54, 1.807) is 6.92 Å². The van der Waals surface area contributed by atoms with Crippen molar-refractivity contribution in [3.63, 3.8) is 0 Å². The van der Waals surface area contributed by atoms with E-state index < -0.39 is 23.8 Å². The molecule has 8 heteroatoms. The Kier molecular flexibility index (Phi) is 8.17. The van der Waals surface area contributed by atoms with Gasteiger partial charge in [-0.05, 0) is 12.5 Å². The van der Waals surface area contributed by atoms with Crippen molar-refractivity contribution in [1.82, 2.24) is 10.6 Å². The normalized spacial score (nSPS) is 12.3. The first-order chi connectivity index (χ1) is 11.4. The van der Waals surface area contributed by atoms with E-state index in [1.165, 1.54) is 14.2 Å². The minimum atomic E-state index is -1.18. The fraction of sp³-hybridized carbons (Fsp3) is 0.500. The maximum absolute atomic E-state index is 11.9. The zero-order chi connectivity index (χ0) is 18.0. The van der Waals surface area contributed by atoms with E-state index in [-0.39, 0.29) is 19.8 Å². The lowest BCUT2D eigenvalue weighted by molar-refractivity contribution is -0.217. The van der Waals surface area contributed by atoms with Crippen molar-refractivity contribution in [3.05, 3.63) is 35.9 Å². The Bertz CT molecular complexity index is 519. The van der Waals surface area contributed by atoms with Gasteiger partial charge in [0, 0.05) is 14.2 Å². The Labute approximate surface area is 141 Å². The summed E-state index contributed by atoms with van der Waals surface area (Å²) in [5.41, 5.74) is 0.841. The monoisotopic (exact) mass is 340 g/mol. The smallest absolute Gasteiger partial charge is 0.407 e. The summed E-state index contributed by atoms with van der Waals surface area (Å²) in [6.07, 6.45) is -0.712. The molecule has 8 nitrogen and oxygen atoms in total. The zero-order valence-electron chi connectivity index (χ0n) is 14.1. The fourth-order valence-electron chi connectivity index (χ4n) is 1.88. The number of benzene rings is 1. The number of hydrogen-bond acceptors (Lipinski definition) is 6. The summed E-state index contributed by atoms with van der Waals surface area (Å²) >= 11 is 0. The van der Waals surface area contributed by atoms with Crippen LogP contribution in [0.5, 0.6) is 0 Å². The van der Waals surface area contributed by atoms with Crippen molar-refractivity contribution in [2.45, 2.75) is 25.4 Å². The third-order valence-corrected chi connectivity index (χ3v) is 3.57. The number of amides is 2. The summed E-state index contributed by atoms with van der Waals surface area (Å²) < 4.78 is 15.3. The van der Waals surface area contributed by atoms with Gasteiger partial charge < -0.3 is 30.0 Å². The number of carbonyl (C=O) groups is 2. The number of rotatable bonds is 9. The highest BCUT2D eigenvalue weighted by molar-refractivity contribution is 5.82. The quantitative estimate of drug-likeness (QED) is 0.562. The van der Waals surface area contributed by atoms with Gasteiger partial charge in [0.1, 0.15) is 19.2 Å². The molecule has 134 valence electrons. The van der Waals surface area contributed by atoms with Crippen LogP contribution in [0.1, 0.15) is 12.5 Å². The minimum absolute atomic E-state index is 0.110. The van der Waals surface area contributed by atoms with Crippen LogP contribution < -0.4 is 10.6 Å². The lowest BCUT2D eigenvalue weighted by atomic mass is 10.1. The molecule has 0 radical (unpaired) electrons. The average Bonchev–Trinajstić information content (AvgIpc) is 2.62. The third kappa shape index (κ3) is 6.15. The van der Waals surface area contributed by atoms with Gasteiger partial charge in [-0.25, -0.2) is 4.79 Å². The van der Waals surface area contributed by atoms with Crippen LogP contribution in [0.4, 0.5) is 4.79 Å². The van der Waals surface area contributed by atoms with Crippen LogP contribution in [-0.4, -0.2) is 56.3 Å². The SMILES string of the molecule is COC(C)(OC)[C@@H](CO)NC(=O)CNC(=O)OCc1ccccc1. The number of carbonyl (C=O) groups excluding carboxylic acids is 2. The molecule has 0 aromatic heterocycles. The molecule has 1 aromatic rings. The van der Waals surface area contributed by atoms with Crippen LogP contribution in [0.2, 0.25) is 0 Å². The van der Waals surface area contributed by atoms with Gasteiger partial charge in [-0.3, -0.25) is 4.79 Å². The Morgan fingerprint density at radius 1 is 1.21 bits per heavy atom. The van der Waals surface area contributed by atoms with Crippen molar-refractivity contribution in [2.75, 3.05) is 27.4 Å². The molecule has 0 heterocycles. The Morgan fingerprint density at radius 2 is 1.83 bits per heavy atom.